The van der Waals surface area contributed by atoms with Gasteiger partial charge in [-0.05, 0) is 36.4 Å². The number of hydrogen-bond acceptors (Lipinski definition) is 8. The number of hydrogen-bond donors (Lipinski definition) is 5. The molecule has 0 aliphatic carbocycles. The van der Waals surface area contributed by atoms with Gasteiger partial charge in [0.05, 0.1) is 18.0 Å². The molecule has 2 aromatic carbocycles. The van der Waals surface area contributed by atoms with Gasteiger partial charge in [0.1, 0.15) is 24.4 Å². The zero-order chi connectivity index (χ0) is 18.5. The largest absolute Gasteiger partial charge is 0.394 e. The minimum atomic E-state index is -1.42. The first kappa shape index (κ1) is 18.4. The molecule has 0 unspecified atom stereocenters. The molecule has 3 rings (SSSR count). The van der Waals surface area contributed by atoms with E-state index >= 15 is 0 Å². The molecule has 1 aliphatic heterocycles. The second-order valence-corrected chi connectivity index (χ2v) is 5.98. The number of aliphatic hydroxyl groups excluding tert-OH is 4. The number of nitrogens with zero attached hydrogens (tertiary/aromatic N) is 2. The van der Waals surface area contributed by atoms with E-state index in [1.165, 1.54) is 0 Å². The van der Waals surface area contributed by atoms with Gasteiger partial charge >= 0.3 is 0 Å². The van der Waals surface area contributed by atoms with E-state index in [0.717, 1.165) is 5.69 Å². The summed E-state index contributed by atoms with van der Waals surface area (Å²) < 4.78 is 5.41. The topological polar surface area (TPSA) is 127 Å². The van der Waals surface area contributed by atoms with Crippen molar-refractivity contribution in [2.45, 2.75) is 30.6 Å². The van der Waals surface area contributed by atoms with Crippen LogP contribution in [-0.4, -0.2) is 57.7 Å². The molecule has 1 heterocycles. The van der Waals surface area contributed by atoms with E-state index in [9.17, 15) is 20.4 Å². The predicted molar refractivity (Wildman–Crippen MR) is 94.4 cm³/mol. The van der Waals surface area contributed by atoms with Crippen LogP contribution < -0.4 is 5.32 Å². The zero-order valence-corrected chi connectivity index (χ0v) is 13.9. The van der Waals surface area contributed by atoms with E-state index in [2.05, 4.69) is 15.5 Å². The van der Waals surface area contributed by atoms with Crippen LogP contribution in [0.15, 0.2) is 64.8 Å². The lowest BCUT2D eigenvalue weighted by molar-refractivity contribution is -0.221. The molecule has 26 heavy (non-hydrogen) atoms. The average molecular weight is 359 g/mol. The maximum Gasteiger partial charge on any atom is 0.157 e. The first-order valence-electron chi connectivity index (χ1n) is 8.22. The monoisotopic (exact) mass is 359 g/mol. The van der Waals surface area contributed by atoms with Crippen molar-refractivity contribution in [2.24, 2.45) is 10.2 Å². The molecule has 2 aromatic rings. The van der Waals surface area contributed by atoms with Gasteiger partial charge in [-0.1, -0.05) is 18.2 Å². The van der Waals surface area contributed by atoms with Crippen molar-refractivity contribution >= 4 is 17.1 Å². The summed E-state index contributed by atoms with van der Waals surface area (Å²) in [7, 11) is 0. The molecule has 5 atom stereocenters. The van der Waals surface area contributed by atoms with Crippen molar-refractivity contribution in [1.29, 1.82) is 0 Å². The molecule has 0 saturated carbocycles. The maximum atomic E-state index is 10.0. The van der Waals surface area contributed by atoms with Crippen LogP contribution in [0.1, 0.15) is 0 Å². The molecule has 0 spiro atoms. The highest BCUT2D eigenvalue weighted by Gasteiger charge is 2.43. The van der Waals surface area contributed by atoms with Crippen molar-refractivity contribution in [3.05, 3.63) is 54.6 Å². The lowest BCUT2D eigenvalue weighted by atomic mass is 9.98. The molecule has 0 amide bonds. The van der Waals surface area contributed by atoms with E-state index in [0.29, 0.717) is 11.4 Å². The lowest BCUT2D eigenvalue weighted by Gasteiger charge is -2.40. The standard InChI is InChI=1S/C18H21N3O5/c22-10-14-15(23)16(24)17(25)18(26-14)19-11-6-8-13(9-7-11)21-20-12-4-2-1-3-5-12/h1-9,14-19,22-25H,10H2/t14-,15-,16+,17+,18-/m0/s1. The van der Waals surface area contributed by atoms with Crippen LogP contribution in [0.5, 0.6) is 0 Å². The number of rotatable bonds is 5. The fourth-order valence-electron chi connectivity index (χ4n) is 2.62. The minimum Gasteiger partial charge on any atom is -0.394 e. The summed E-state index contributed by atoms with van der Waals surface area (Å²) in [5.41, 5.74) is 2.01. The third-order valence-electron chi connectivity index (χ3n) is 4.11. The van der Waals surface area contributed by atoms with Gasteiger partial charge in [-0.15, -0.1) is 0 Å². The molecule has 1 saturated heterocycles. The molecule has 5 N–H and O–H groups in total. The Hall–Kier alpha value is -2.36. The average Bonchev–Trinajstić information content (AvgIpc) is 2.68. The van der Waals surface area contributed by atoms with E-state index in [1.54, 1.807) is 24.3 Å². The van der Waals surface area contributed by atoms with Gasteiger partial charge in [0, 0.05) is 5.69 Å². The fraction of sp³-hybridized carbons (Fsp3) is 0.333. The first-order chi connectivity index (χ1) is 12.6. The summed E-state index contributed by atoms with van der Waals surface area (Å²) in [5, 5.41) is 50.0. The van der Waals surface area contributed by atoms with Crippen LogP contribution in [0.25, 0.3) is 0 Å². The predicted octanol–water partition coefficient (Wildman–Crippen LogP) is 1.31. The maximum absolute atomic E-state index is 10.0. The first-order valence-corrected chi connectivity index (χ1v) is 8.22. The SMILES string of the molecule is OC[C@@H]1O[C@H](Nc2ccc(N=Nc3ccccc3)cc2)[C@H](O)[C@H](O)[C@H]1O. The molecule has 8 heteroatoms. The van der Waals surface area contributed by atoms with Crippen molar-refractivity contribution in [2.75, 3.05) is 11.9 Å². The Morgan fingerprint density at radius 1 is 0.808 bits per heavy atom. The number of benzene rings is 2. The van der Waals surface area contributed by atoms with Crippen molar-refractivity contribution < 1.29 is 25.2 Å². The second kappa shape index (κ2) is 8.35. The number of aliphatic hydroxyl groups is 4. The smallest absolute Gasteiger partial charge is 0.157 e. The van der Waals surface area contributed by atoms with Crippen LogP contribution >= 0.6 is 0 Å². The molecule has 0 radical (unpaired) electrons. The summed E-state index contributed by atoms with van der Waals surface area (Å²) >= 11 is 0. The highest BCUT2D eigenvalue weighted by molar-refractivity contribution is 5.51. The van der Waals surface area contributed by atoms with Gasteiger partial charge in [-0.25, -0.2) is 0 Å². The Morgan fingerprint density at radius 3 is 2.04 bits per heavy atom. The highest BCUT2D eigenvalue weighted by atomic mass is 16.6. The van der Waals surface area contributed by atoms with Crippen molar-refractivity contribution in [1.82, 2.24) is 0 Å². The summed E-state index contributed by atoms with van der Waals surface area (Å²) in [4.78, 5) is 0. The quantitative estimate of drug-likeness (QED) is 0.512. The molecule has 1 aliphatic rings. The molecule has 1 fully saturated rings. The molecular formula is C18H21N3O5. The van der Waals surface area contributed by atoms with Gasteiger partial charge in [0.15, 0.2) is 6.23 Å². The Kier molecular flexibility index (Phi) is 5.92. The van der Waals surface area contributed by atoms with Crippen LogP contribution in [0, 0.1) is 0 Å². The van der Waals surface area contributed by atoms with Crippen molar-refractivity contribution in [3.8, 4) is 0 Å². The van der Waals surface area contributed by atoms with E-state index in [4.69, 9.17) is 4.74 Å². The Labute approximate surface area is 150 Å². The Bertz CT molecular complexity index is 723. The summed E-state index contributed by atoms with van der Waals surface area (Å²) in [6.07, 6.45) is -6.07. The van der Waals surface area contributed by atoms with E-state index in [1.807, 2.05) is 30.3 Å². The van der Waals surface area contributed by atoms with Gasteiger partial charge < -0.3 is 30.5 Å². The van der Waals surface area contributed by atoms with Crippen LogP contribution in [0.4, 0.5) is 17.1 Å². The Morgan fingerprint density at radius 2 is 1.42 bits per heavy atom. The molecule has 138 valence electrons. The number of anilines is 1. The van der Waals surface area contributed by atoms with E-state index in [-0.39, 0.29) is 0 Å². The summed E-state index contributed by atoms with van der Waals surface area (Å²) in [5.74, 6) is 0. The second-order valence-electron chi connectivity index (χ2n) is 5.98. The summed E-state index contributed by atoms with van der Waals surface area (Å²) in [6.45, 7) is -0.470. The normalized spacial score (nSPS) is 29.0. The molecule has 0 bridgehead atoms. The highest BCUT2D eigenvalue weighted by Crippen LogP contribution is 2.25. The minimum absolute atomic E-state index is 0.470. The third kappa shape index (κ3) is 4.24. The van der Waals surface area contributed by atoms with Gasteiger partial charge in [-0.2, -0.15) is 10.2 Å². The number of nitrogens with one attached hydrogen (secondary N) is 1. The van der Waals surface area contributed by atoms with E-state index < -0.39 is 37.3 Å². The summed E-state index contributed by atoms with van der Waals surface area (Å²) in [6, 6.07) is 16.3. The molecule has 0 aromatic heterocycles. The lowest BCUT2D eigenvalue weighted by Crippen LogP contribution is -2.60. The number of azo groups is 1. The van der Waals surface area contributed by atoms with Crippen LogP contribution in [0.2, 0.25) is 0 Å². The molecule has 8 nitrogen and oxygen atoms in total. The van der Waals surface area contributed by atoms with Crippen LogP contribution in [0.3, 0.4) is 0 Å². The van der Waals surface area contributed by atoms with Gasteiger partial charge in [0.2, 0.25) is 0 Å². The number of ether oxygens (including phenoxy) is 1. The Balaban J connectivity index is 1.64. The third-order valence-corrected chi connectivity index (χ3v) is 4.11. The van der Waals surface area contributed by atoms with Gasteiger partial charge in [-0.3, -0.25) is 0 Å². The fourth-order valence-corrected chi connectivity index (χ4v) is 2.62. The molecular weight excluding hydrogens is 338 g/mol. The van der Waals surface area contributed by atoms with Gasteiger partial charge in [0.25, 0.3) is 0 Å². The zero-order valence-electron chi connectivity index (χ0n) is 13.9. The van der Waals surface area contributed by atoms with Crippen molar-refractivity contribution in [3.63, 3.8) is 0 Å². The van der Waals surface area contributed by atoms with Crippen LogP contribution in [-0.2, 0) is 4.74 Å².